The predicted molar refractivity (Wildman–Crippen MR) is 58.3 cm³/mol. The summed E-state index contributed by atoms with van der Waals surface area (Å²) in [5, 5.41) is 12.5. The van der Waals surface area contributed by atoms with E-state index in [0.717, 1.165) is 28.2 Å². The fourth-order valence-corrected chi connectivity index (χ4v) is 2.39. The molecule has 0 atom stereocenters. The van der Waals surface area contributed by atoms with E-state index >= 15 is 0 Å². The highest BCUT2D eigenvalue weighted by atomic mass is 32.1. The van der Waals surface area contributed by atoms with Gasteiger partial charge in [-0.2, -0.15) is 5.26 Å². The predicted octanol–water partition coefficient (Wildman–Crippen LogP) is 1.97. The minimum absolute atomic E-state index is 0.493. The first-order valence-corrected chi connectivity index (χ1v) is 5.40. The third-order valence-corrected chi connectivity index (χ3v) is 3.18. The molecule has 5 heteroatoms. The van der Waals surface area contributed by atoms with Gasteiger partial charge in [0, 0.05) is 12.6 Å². The number of nitrogens with one attached hydrogen (secondary N) is 1. The Morgan fingerprint density at radius 2 is 2.47 bits per heavy atom. The highest BCUT2D eigenvalue weighted by molar-refractivity contribution is 7.19. The van der Waals surface area contributed by atoms with E-state index in [9.17, 15) is 0 Å². The van der Waals surface area contributed by atoms with Crippen LogP contribution in [0.3, 0.4) is 0 Å². The molecule has 0 fully saturated rings. The van der Waals surface area contributed by atoms with Crippen molar-refractivity contribution < 1.29 is 4.74 Å². The lowest BCUT2D eigenvalue weighted by molar-refractivity contribution is 0.324. The lowest BCUT2D eigenvalue weighted by Crippen LogP contribution is -2.17. The number of nitrogens with zero attached hydrogens (tertiary/aromatic N) is 2. The van der Waals surface area contributed by atoms with Crippen LogP contribution in [0.15, 0.2) is 12.1 Å². The number of hydrogen-bond donors (Lipinski definition) is 1. The van der Waals surface area contributed by atoms with Gasteiger partial charge in [-0.1, -0.05) is 0 Å². The summed E-state index contributed by atoms with van der Waals surface area (Å²) in [6.07, 6.45) is 0. The molecule has 0 spiro atoms. The molecular weight excluding hydrogens is 210 g/mol. The van der Waals surface area contributed by atoms with E-state index in [4.69, 9.17) is 10.00 Å². The van der Waals surface area contributed by atoms with Gasteiger partial charge < -0.3 is 10.1 Å². The second kappa shape index (κ2) is 3.11. The van der Waals surface area contributed by atoms with E-state index in [1.807, 2.05) is 12.1 Å². The lowest BCUT2D eigenvalue weighted by Gasteiger charge is -2.18. The summed E-state index contributed by atoms with van der Waals surface area (Å²) in [5.74, 6) is 0.823. The van der Waals surface area contributed by atoms with E-state index in [-0.39, 0.29) is 0 Å². The summed E-state index contributed by atoms with van der Waals surface area (Å²) in [7, 11) is 0. The quantitative estimate of drug-likeness (QED) is 0.733. The zero-order valence-electron chi connectivity index (χ0n) is 7.78. The van der Waals surface area contributed by atoms with Crippen molar-refractivity contribution in [3.8, 4) is 11.8 Å². The van der Waals surface area contributed by atoms with Crippen molar-refractivity contribution in [1.82, 2.24) is 4.98 Å². The van der Waals surface area contributed by atoms with Crippen molar-refractivity contribution >= 4 is 27.2 Å². The van der Waals surface area contributed by atoms with Gasteiger partial charge in [-0.3, -0.25) is 0 Å². The van der Waals surface area contributed by atoms with Crippen LogP contribution in [0, 0.1) is 11.3 Å². The molecule has 0 saturated heterocycles. The molecule has 2 aromatic rings. The van der Waals surface area contributed by atoms with Crippen molar-refractivity contribution in [3.63, 3.8) is 0 Å². The highest BCUT2D eigenvalue weighted by Gasteiger charge is 2.13. The topological polar surface area (TPSA) is 57.9 Å². The van der Waals surface area contributed by atoms with Gasteiger partial charge >= 0.3 is 0 Å². The molecule has 0 amide bonds. The fraction of sp³-hybridized carbons (Fsp3) is 0.200. The lowest BCUT2D eigenvalue weighted by atomic mass is 10.2. The molecule has 2 heterocycles. The van der Waals surface area contributed by atoms with Gasteiger partial charge in [0.1, 0.15) is 18.4 Å². The zero-order chi connectivity index (χ0) is 10.3. The first kappa shape index (κ1) is 8.50. The van der Waals surface area contributed by atoms with Crippen LogP contribution in [-0.4, -0.2) is 18.1 Å². The molecule has 4 nitrogen and oxygen atoms in total. The van der Waals surface area contributed by atoms with Crippen molar-refractivity contribution in [3.05, 3.63) is 17.1 Å². The average Bonchev–Trinajstić information content (AvgIpc) is 2.67. The largest absolute Gasteiger partial charge is 0.490 e. The summed E-state index contributed by atoms with van der Waals surface area (Å²) in [4.78, 5) is 4.19. The van der Waals surface area contributed by atoms with Gasteiger partial charge in [0.2, 0.25) is 0 Å². The SMILES string of the molecule is N#Cc1nc2cc3c(cc2s1)NCCO3. The normalized spacial score (nSPS) is 13.8. The number of anilines is 1. The molecule has 1 aliphatic heterocycles. The van der Waals surface area contributed by atoms with Gasteiger partial charge in [-0.15, -0.1) is 11.3 Å². The van der Waals surface area contributed by atoms with Crippen LogP contribution in [-0.2, 0) is 0 Å². The molecule has 0 saturated carbocycles. The second-order valence-corrected chi connectivity index (χ2v) is 4.25. The molecule has 1 aliphatic rings. The Bertz CT molecular complexity index is 527. The molecule has 0 unspecified atom stereocenters. The van der Waals surface area contributed by atoms with Crippen LogP contribution in [0.4, 0.5) is 5.69 Å². The van der Waals surface area contributed by atoms with Crippen LogP contribution in [0.25, 0.3) is 10.2 Å². The number of rotatable bonds is 0. The van der Waals surface area contributed by atoms with Crippen molar-refractivity contribution in [2.24, 2.45) is 0 Å². The van der Waals surface area contributed by atoms with E-state index in [2.05, 4.69) is 16.4 Å². The highest BCUT2D eigenvalue weighted by Crippen LogP contribution is 2.34. The monoisotopic (exact) mass is 217 g/mol. The van der Waals surface area contributed by atoms with Crippen molar-refractivity contribution in [2.45, 2.75) is 0 Å². The summed E-state index contributed by atoms with van der Waals surface area (Å²) < 4.78 is 6.51. The first-order chi connectivity index (χ1) is 7.36. The Morgan fingerprint density at radius 3 is 3.33 bits per heavy atom. The molecule has 1 N–H and O–H groups in total. The summed E-state index contributed by atoms with van der Waals surface area (Å²) in [5.41, 5.74) is 1.82. The van der Waals surface area contributed by atoms with Gasteiger partial charge in [-0.05, 0) is 6.07 Å². The maximum absolute atomic E-state index is 8.76. The number of aromatic nitrogens is 1. The standard InChI is InChI=1S/C10H7N3OS/c11-5-10-13-7-3-8-6(4-9(7)15-10)12-1-2-14-8/h3-4,12H,1-2H2. The van der Waals surface area contributed by atoms with Crippen LogP contribution in [0.1, 0.15) is 5.01 Å². The van der Waals surface area contributed by atoms with Crippen molar-refractivity contribution in [2.75, 3.05) is 18.5 Å². The molecule has 3 rings (SSSR count). The molecule has 0 radical (unpaired) electrons. The maximum Gasteiger partial charge on any atom is 0.195 e. The molecular formula is C10H7N3OS. The van der Waals surface area contributed by atoms with Crippen LogP contribution in [0.2, 0.25) is 0 Å². The molecule has 1 aromatic heterocycles. The summed E-state index contributed by atoms with van der Waals surface area (Å²) in [6, 6.07) is 5.92. The van der Waals surface area contributed by atoms with E-state index in [1.54, 1.807) is 0 Å². The molecule has 0 bridgehead atoms. The summed E-state index contributed by atoms with van der Waals surface area (Å²) in [6.45, 7) is 1.50. The van der Waals surface area contributed by atoms with Crippen molar-refractivity contribution in [1.29, 1.82) is 5.26 Å². The Hall–Kier alpha value is -1.80. The number of benzene rings is 1. The second-order valence-electron chi connectivity index (χ2n) is 3.22. The minimum atomic E-state index is 0.493. The van der Waals surface area contributed by atoms with E-state index < -0.39 is 0 Å². The Labute approximate surface area is 90.1 Å². The fourth-order valence-electron chi connectivity index (χ4n) is 1.61. The van der Waals surface area contributed by atoms with Crippen LogP contribution < -0.4 is 10.1 Å². The Balaban J connectivity index is 2.24. The number of hydrogen-bond acceptors (Lipinski definition) is 5. The van der Waals surface area contributed by atoms with Gasteiger partial charge in [0.15, 0.2) is 5.01 Å². The zero-order valence-corrected chi connectivity index (χ0v) is 8.60. The Morgan fingerprint density at radius 1 is 1.53 bits per heavy atom. The maximum atomic E-state index is 8.76. The molecule has 74 valence electrons. The Kier molecular flexibility index (Phi) is 1.76. The summed E-state index contributed by atoms with van der Waals surface area (Å²) >= 11 is 1.40. The number of fused-ring (bicyclic) bond motifs is 2. The molecule has 1 aromatic carbocycles. The van der Waals surface area contributed by atoms with Crippen LogP contribution in [0.5, 0.6) is 5.75 Å². The number of thiazole rings is 1. The average molecular weight is 217 g/mol. The molecule has 15 heavy (non-hydrogen) atoms. The van der Waals surface area contributed by atoms with Gasteiger partial charge in [-0.25, -0.2) is 4.98 Å². The first-order valence-electron chi connectivity index (χ1n) is 4.58. The van der Waals surface area contributed by atoms with Gasteiger partial charge in [0.25, 0.3) is 0 Å². The van der Waals surface area contributed by atoms with E-state index in [0.29, 0.717) is 11.6 Å². The smallest absolute Gasteiger partial charge is 0.195 e. The van der Waals surface area contributed by atoms with Crippen LogP contribution >= 0.6 is 11.3 Å². The third kappa shape index (κ3) is 1.30. The van der Waals surface area contributed by atoms with Gasteiger partial charge in [0.05, 0.1) is 15.9 Å². The number of ether oxygens (including phenoxy) is 1. The minimum Gasteiger partial charge on any atom is -0.490 e. The number of nitriles is 1. The third-order valence-electron chi connectivity index (χ3n) is 2.26. The molecule has 0 aliphatic carbocycles. The van der Waals surface area contributed by atoms with E-state index in [1.165, 1.54) is 11.3 Å².